The van der Waals surface area contributed by atoms with E-state index in [1.54, 1.807) is 25.1 Å². The Labute approximate surface area is 139 Å². The minimum atomic E-state index is -0.554. The number of aromatic nitrogens is 1. The van der Waals surface area contributed by atoms with Crippen molar-refractivity contribution in [1.82, 2.24) is 4.57 Å². The molecular formula is C18H17N3O3. The molecule has 0 aliphatic rings. The summed E-state index contributed by atoms with van der Waals surface area (Å²) in [6, 6.07) is 9.03. The number of hydrogen-bond acceptors (Lipinski definition) is 5. The first-order valence-electron chi connectivity index (χ1n) is 7.19. The van der Waals surface area contributed by atoms with E-state index in [1.807, 2.05) is 12.1 Å². The van der Waals surface area contributed by atoms with Gasteiger partial charge in [0.05, 0.1) is 12.7 Å². The van der Waals surface area contributed by atoms with Crippen LogP contribution in [0.25, 0.3) is 0 Å². The molecule has 24 heavy (non-hydrogen) atoms. The molecule has 1 N–H and O–H groups in total. The molecule has 0 aliphatic carbocycles. The zero-order valence-corrected chi connectivity index (χ0v) is 13.5. The molecule has 0 amide bonds. The fraction of sp³-hybridized carbons (Fsp3) is 0.167. The number of methoxy groups -OCH3 is 1. The van der Waals surface area contributed by atoms with E-state index in [0.29, 0.717) is 22.6 Å². The maximum absolute atomic E-state index is 12.2. The van der Waals surface area contributed by atoms with Gasteiger partial charge >= 0.3 is 0 Å². The molecule has 1 heterocycles. The van der Waals surface area contributed by atoms with Crippen LogP contribution >= 0.6 is 0 Å². The Morgan fingerprint density at radius 2 is 2.17 bits per heavy atom. The minimum absolute atomic E-state index is 0.0314. The van der Waals surface area contributed by atoms with Crippen LogP contribution in [-0.4, -0.2) is 23.0 Å². The number of aromatic hydroxyl groups is 1. The van der Waals surface area contributed by atoms with Gasteiger partial charge in [0.25, 0.3) is 5.56 Å². The number of nitriles is 1. The van der Waals surface area contributed by atoms with Crippen LogP contribution < -0.4 is 10.3 Å². The van der Waals surface area contributed by atoms with Gasteiger partial charge in [-0.3, -0.25) is 14.4 Å². The lowest BCUT2D eigenvalue weighted by Crippen LogP contribution is -2.24. The molecule has 0 radical (unpaired) electrons. The quantitative estimate of drug-likeness (QED) is 0.677. The molecule has 0 spiro atoms. The van der Waals surface area contributed by atoms with E-state index in [2.05, 4.69) is 11.6 Å². The molecule has 1 aromatic carbocycles. The summed E-state index contributed by atoms with van der Waals surface area (Å²) in [7, 11) is 1.54. The van der Waals surface area contributed by atoms with Crippen molar-refractivity contribution in [3.05, 3.63) is 64.0 Å². The zero-order chi connectivity index (χ0) is 17.7. The van der Waals surface area contributed by atoms with Crippen LogP contribution in [0.1, 0.15) is 16.7 Å². The Morgan fingerprint density at radius 3 is 2.79 bits per heavy atom. The molecule has 0 fully saturated rings. The highest BCUT2D eigenvalue weighted by molar-refractivity contribution is 5.87. The van der Waals surface area contributed by atoms with Gasteiger partial charge in [0, 0.05) is 12.8 Å². The van der Waals surface area contributed by atoms with Gasteiger partial charge in [-0.25, -0.2) is 0 Å². The monoisotopic (exact) mass is 323 g/mol. The summed E-state index contributed by atoms with van der Waals surface area (Å²) in [6.45, 7) is 5.25. The van der Waals surface area contributed by atoms with Crippen LogP contribution in [0.3, 0.4) is 0 Å². The van der Waals surface area contributed by atoms with E-state index in [1.165, 1.54) is 19.4 Å². The van der Waals surface area contributed by atoms with Gasteiger partial charge in [-0.05, 0) is 24.6 Å². The summed E-state index contributed by atoms with van der Waals surface area (Å²) in [6.07, 6.45) is 2.89. The van der Waals surface area contributed by atoms with Crippen molar-refractivity contribution in [3.63, 3.8) is 0 Å². The Bertz CT molecular complexity index is 905. The average molecular weight is 323 g/mol. The molecule has 122 valence electrons. The van der Waals surface area contributed by atoms with Crippen molar-refractivity contribution >= 4 is 11.9 Å². The predicted octanol–water partition coefficient (Wildman–Crippen LogP) is 2.68. The van der Waals surface area contributed by atoms with E-state index in [0.717, 1.165) is 4.57 Å². The summed E-state index contributed by atoms with van der Waals surface area (Å²) in [5, 5.41) is 19.6. The van der Waals surface area contributed by atoms with Crippen LogP contribution in [0.5, 0.6) is 11.6 Å². The number of pyridine rings is 1. The number of allylic oxidation sites excluding steroid dienone is 1. The van der Waals surface area contributed by atoms with Gasteiger partial charge in [-0.2, -0.15) is 5.26 Å². The summed E-state index contributed by atoms with van der Waals surface area (Å²) >= 11 is 0. The SMILES string of the molecule is C=CCn1c(O)c(C=Nc2ccccc2OC)c(C)c(C#N)c1=O. The van der Waals surface area contributed by atoms with E-state index in [9.17, 15) is 15.2 Å². The first-order valence-corrected chi connectivity index (χ1v) is 7.19. The third-order valence-corrected chi connectivity index (χ3v) is 3.58. The van der Waals surface area contributed by atoms with Crippen molar-refractivity contribution in [2.75, 3.05) is 7.11 Å². The lowest BCUT2D eigenvalue weighted by Gasteiger charge is -2.12. The number of ether oxygens (including phenoxy) is 1. The van der Waals surface area contributed by atoms with E-state index < -0.39 is 5.56 Å². The average Bonchev–Trinajstić information content (AvgIpc) is 2.59. The van der Waals surface area contributed by atoms with Crippen LogP contribution in [0.2, 0.25) is 0 Å². The summed E-state index contributed by atoms with van der Waals surface area (Å²) in [5.74, 6) is 0.320. The van der Waals surface area contributed by atoms with Gasteiger partial charge in [-0.1, -0.05) is 18.2 Å². The molecule has 0 saturated carbocycles. The Hall–Kier alpha value is -3.33. The summed E-state index contributed by atoms with van der Waals surface area (Å²) < 4.78 is 6.31. The maximum atomic E-state index is 12.2. The second-order valence-electron chi connectivity index (χ2n) is 4.98. The second-order valence-corrected chi connectivity index (χ2v) is 4.98. The number of para-hydroxylation sites is 2. The largest absolute Gasteiger partial charge is 0.494 e. The molecule has 0 atom stereocenters. The predicted molar refractivity (Wildman–Crippen MR) is 92.3 cm³/mol. The lowest BCUT2D eigenvalue weighted by molar-refractivity contribution is 0.414. The minimum Gasteiger partial charge on any atom is -0.494 e. The Morgan fingerprint density at radius 1 is 1.46 bits per heavy atom. The highest BCUT2D eigenvalue weighted by atomic mass is 16.5. The molecule has 0 aliphatic heterocycles. The van der Waals surface area contributed by atoms with Gasteiger partial charge in [0.1, 0.15) is 23.1 Å². The highest BCUT2D eigenvalue weighted by Gasteiger charge is 2.17. The molecule has 6 nitrogen and oxygen atoms in total. The van der Waals surface area contributed by atoms with Crippen LogP contribution in [-0.2, 0) is 6.54 Å². The van der Waals surface area contributed by atoms with Gasteiger partial charge in [-0.15, -0.1) is 6.58 Å². The van der Waals surface area contributed by atoms with Crippen LogP contribution in [0.15, 0.2) is 46.7 Å². The first-order chi connectivity index (χ1) is 11.5. The zero-order valence-electron chi connectivity index (χ0n) is 13.5. The van der Waals surface area contributed by atoms with Crippen molar-refractivity contribution in [3.8, 4) is 17.7 Å². The fourth-order valence-electron chi connectivity index (χ4n) is 2.29. The number of benzene rings is 1. The van der Waals surface area contributed by atoms with Crippen LogP contribution in [0.4, 0.5) is 5.69 Å². The topological polar surface area (TPSA) is 87.6 Å². The van der Waals surface area contributed by atoms with Crippen molar-refractivity contribution in [2.45, 2.75) is 13.5 Å². The lowest BCUT2D eigenvalue weighted by atomic mass is 10.1. The van der Waals surface area contributed by atoms with Crippen molar-refractivity contribution < 1.29 is 9.84 Å². The Kier molecular flexibility index (Phi) is 5.17. The molecule has 0 saturated heterocycles. The first kappa shape index (κ1) is 17.0. The van der Waals surface area contributed by atoms with Crippen molar-refractivity contribution in [1.29, 1.82) is 5.26 Å². The van der Waals surface area contributed by atoms with E-state index >= 15 is 0 Å². The maximum Gasteiger partial charge on any atom is 0.271 e. The standard InChI is InChI=1S/C18H17N3O3/c1-4-9-21-17(22)13(10-19)12(2)14(18(21)23)11-20-15-7-5-6-8-16(15)24-3/h4-8,11,23H,1,9H2,2-3H3. The third-order valence-electron chi connectivity index (χ3n) is 3.58. The smallest absolute Gasteiger partial charge is 0.271 e. The van der Waals surface area contributed by atoms with E-state index in [-0.39, 0.29) is 18.0 Å². The van der Waals surface area contributed by atoms with Crippen molar-refractivity contribution in [2.24, 2.45) is 4.99 Å². The van der Waals surface area contributed by atoms with Gasteiger partial charge in [0.2, 0.25) is 5.88 Å². The van der Waals surface area contributed by atoms with E-state index in [4.69, 9.17) is 4.74 Å². The van der Waals surface area contributed by atoms with Crippen LogP contribution in [0, 0.1) is 18.3 Å². The molecule has 0 bridgehead atoms. The molecule has 0 unspecified atom stereocenters. The van der Waals surface area contributed by atoms with Gasteiger partial charge in [0.15, 0.2) is 0 Å². The number of hydrogen-bond donors (Lipinski definition) is 1. The van der Waals surface area contributed by atoms with Gasteiger partial charge < -0.3 is 9.84 Å². The third kappa shape index (κ3) is 3.06. The number of rotatable bonds is 5. The molecule has 6 heteroatoms. The number of nitrogens with zero attached hydrogens (tertiary/aromatic N) is 3. The number of aliphatic imine (C=N–C) groups is 1. The second kappa shape index (κ2) is 7.29. The molecule has 2 rings (SSSR count). The molecular weight excluding hydrogens is 306 g/mol. The summed E-state index contributed by atoms with van der Waals surface area (Å²) in [5.41, 5.74) is 0.662. The fourth-order valence-corrected chi connectivity index (χ4v) is 2.29. The highest BCUT2D eigenvalue weighted by Crippen LogP contribution is 2.27. The summed E-state index contributed by atoms with van der Waals surface area (Å²) in [4.78, 5) is 16.5. The normalized spacial score (nSPS) is 10.5. The molecule has 1 aromatic heterocycles. The Balaban J connectivity index is 2.64. The molecule has 2 aromatic rings.